The van der Waals surface area contributed by atoms with E-state index < -0.39 is 46.9 Å². The number of benzene rings is 2. The molecule has 2 atom stereocenters. The maximum atomic E-state index is 13.5. The highest BCUT2D eigenvalue weighted by molar-refractivity contribution is 5.60. The van der Waals surface area contributed by atoms with Gasteiger partial charge in [-0.15, -0.1) is 0 Å². The van der Waals surface area contributed by atoms with E-state index in [9.17, 15) is 30.7 Å². The molecule has 0 radical (unpaired) electrons. The summed E-state index contributed by atoms with van der Waals surface area (Å²) in [5.74, 6) is -1.24. The van der Waals surface area contributed by atoms with Gasteiger partial charge < -0.3 is 4.74 Å². The summed E-state index contributed by atoms with van der Waals surface area (Å²) in [7, 11) is 0. The lowest BCUT2D eigenvalue weighted by Crippen LogP contribution is -2.29. The number of alkyl halides is 6. The van der Waals surface area contributed by atoms with Gasteiger partial charge in [0.25, 0.3) is 0 Å². The first kappa shape index (κ1) is 23.8. The lowest BCUT2D eigenvalue weighted by molar-refractivity contribution is -0.143. The van der Waals surface area contributed by atoms with E-state index in [4.69, 9.17) is 4.74 Å². The Morgan fingerprint density at radius 3 is 2.12 bits per heavy atom. The summed E-state index contributed by atoms with van der Waals surface area (Å²) in [4.78, 5) is 4.36. The third kappa shape index (κ3) is 4.93. The van der Waals surface area contributed by atoms with Crippen molar-refractivity contribution in [1.29, 1.82) is 0 Å². The molecule has 3 aromatic rings. The molecule has 1 aliphatic carbocycles. The quantitative estimate of drug-likeness (QED) is 0.286. The van der Waals surface area contributed by atoms with Gasteiger partial charge in [0.1, 0.15) is 17.7 Å². The largest absolute Gasteiger partial charge is 0.489 e. The van der Waals surface area contributed by atoms with Crippen LogP contribution in [-0.2, 0) is 23.5 Å². The number of fused-ring (bicyclic) bond motifs is 1. The van der Waals surface area contributed by atoms with Crippen molar-refractivity contribution in [2.45, 2.75) is 37.2 Å². The molecule has 0 aliphatic heterocycles. The Bertz CT molecular complexity index is 1170. The van der Waals surface area contributed by atoms with Crippen LogP contribution in [0.1, 0.15) is 45.8 Å². The summed E-state index contributed by atoms with van der Waals surface area (Å²) in [6.07, 6.45) is -8.14. The van der Waals surface area contributed by atoms with Crippen LogP contribution < -0.4 is 0 Å². The lowest BCUT2D eigenvalue weighted by atomic mass is 9.79. The van der Waals surface area contributed by atoms with Crippen molar-refractivity contribution in [3.8, 4) is 0 Å². The highest BCUT2D eigenvalue weighted by Crippen LogP contribution is 2.41. The highest BCUT2D eigenvalue weighted by atomic mass is 19.4. The number of hydrogen-bond donors (Lipinski definition) is 0. The zero-order chi connectivity index (χ0) is 24.7. The highest BCUT2D eigenvalue weighted by Gasteiger charge is 2.38. The van der Waals surface area contributed by atoms with E-state index in [1.165, 1.54) is 12.1 Å². The molecule has 178 valence electrons. The minimum atomic E-state index is -4.98. The van der Waals surface area contributed by atoms with Gasteiger partial charge in [0.05, 0.1) is 11.1 Å². The Hall–Kier alpha value is -3.36. The van der Waals surface area contributed by atoms with Crippen LogP contribution in [0, 0.1) is 5.82 Å². The second-order valence-corrected chi connectivity index (χ2v) is 7.98. The van der Waals surface area contributed by atoms with Gasteiger partial charge in [-0.2, -0.15) is 26.3 Å². The summed E-state index contributed by atoms with van der Waals surface area (Å²) >= 11 is 0. The summed E-state index contributed by atoms with van der Waals surface area (Å²) in [6.45, 7) is 3.63. The van der Waals surface area contributed by atoms with Gasteiger partial charge in [-0.05, 0) is 60.4 Å². The fourth-order valence-electron chi connectivity index (χ4n) is 4.15. The van der Waals surface area contributed by atoms with Gasteiger partial charge in [-0.3, -0.25) is 4.98 Å². The number of rotatable bonds is 4. The Morgan fingerprint density at radius 2 is 1.53 bits per heavy atom. The molecule has 2 nitrogen and oxygen atoms in total. The van der Waals surface area contributed by atoms with Crippen LogP contribution in [-0.4, -0.2) is 11.1 Å². The van der Waals surface area contributed by atoms with E-state index in [2.05, 4.69) is 11.6 Å². The molecule has 0 amide bonds. The number of ether oxygens (including phenoxy) is 1. The van der Waals surface area contributed by atoms with Gasteiger partial charge in [-0.25, -0.2) is 4.39 Å². The van der Waals surface area contributed by atoms with Crippen LogP contribution >= 0.6 is 0 Å². The minimum Gasteiger partial charge on any atom is -0.489 e. The lowest BCUT2D eigenvalue weighted by Gasteiger charge is -2.34. The molecule has 0 bridgehead atoms. The molecule has 0 N–H and O–H groups in total. The second-order valence-electron chi connectivity index (χ2n) is 7.98. The Kier molecular flexibility index (Phi) is 6.14. The first-order chi connectivity index (χ1) is 15.9. The molecular weight excluding hydrogens is 463 g/mol. The average Bonchev–Trinajstić information content (AvgIpc) is 2.78. The number of pyridine rings is 1. The van der Waals surface area contributed by atoms with Gasteiger partial charge >= 0.3 is 12.4 Å². The van der Waals surface area contributed by atoms with Crippen molar-refractivity contribution in [3.63, 3.8) is 0 Å². The topological polar surface area (TPSA) is 22.1 Å². The van der Waals surface area contributed by atoms with E-state index >= 15 is 0 Å². The number of aromatic nitrogens is 1. The molecule has 4 rings (SSSR count). The number of hydrogen-bond acceptors (Lipinski definition) is 2. The van der Waals surface area contributed by atoms with Crippen LogP contribution in [0.25, 0.3) is 5.76 Å². The van der Waals surface area contributed by atoms with Gasteiger partial charge in [0.2, 0.25) is 0 Å². The summed E-state index contributed by atoms with van der Waals surface area (Å²) in [5.41, 5.74) is -1.06. The Morgan fingerprint density at radius 1 is 0.912 bits per heavy atom. The first-order valence-corrected chi connectivity index (χ1v) is 10.3. The molecule has 1 aliphatic rings. The minimum absolute atomic E-state index is 0.0562. The van der Waals surface area contributed by atoms with E-state index in [0.717, 1.165) is 11.3 Å². The first-order valence-electron chi connectivity index (χ1n) is 10.3. The van der Waals surface area contributed by atoms with E-state index in [1.54, 1.807) is 24.4 Å². The molecular formula is C25H18F7NO. The predicted octanol–water partition coefficient (Wildman–Crippen LogP) is 7.39. The molecule has 2 aromatic carbocycles. The van der Waals surface area contributed by atoms with Gasteiger partial charge in [0, 0.05) is 23.4 Å². The van der Waals surface area contributed by atoms with E-state index in [0.29, 0.717) is 30.5 Å². The third-order valence-electron chi connectivity index (χ3n) is 5.73. The SMILES string of the molecule is C=C(O[C@H]1CCc2ncccc2[C@@H]1c1ccc(F)cc1)c1cc(C(F)(F)F)cc(C(F)(F)F)c1. The van der Waals surface area contributed by atoms with Crippen molar-refractivity contribution in [1.82, 2.24) is 4.98 Å². The van der Waals surface area contributed by atoms with Crippen molar-refractivity contribution in [3.05, 3.63) is 107 Å². The molecule has 9 heteroatoms. The average molecular weight is 481 g/mol. The van der Waals surface area contributed by atoms with E-state index in [1.807, 2.05) is 6.07 Å². The summed E-state index contributed by atoms with van der Waals surface area (Å²) < 4.78 is 99.0. The Labute approximate surface area is 190 Å². The number of halogens is 7. The fraction of sp³-hybridized carbons (Fsp3) is 0.240. The molecule has 1 aromatic heterocycles. The van der Waals surface area contributed by atoms with Crippen LogP contribution in [0.15, 0.2) is 67.4 Å². The monoisotopic (exact) mass is 481 g/mol. The predicted molar refractivity (Wildman–Crippen MR) is 111 cm³/mol. The van der Waals surface area contributed by atoms with Crippen LogP contribution in [0.4, 0.5) is 30.7 Å². The fourth-order valence-corrected chi connectivity index (χ4v) is 4.15. The molecule has 0 fully saturated rings. The van der Waals surface area contributed by atoms with E-state index in [-0.39, 0.29) is 11.8 Å². The molecule has 0 spiro atoms. The zero-order valence-corrected chi connectivity index (χ0v) is 17.6. The number of aryl methyl sites for hydroxylation is 1. The van der Waals surface area contributed by atoms with Crippen LogP contribution in [0.5, 0.6) is 0 Å². The van der Waals surface area contributed by atoms with Crippen LogP contribution in [0.3, 0.4) is 0 Å². The number of nitrogens with zero attached hydrogens (tertiary/aromatic N) is 1. The molecule has 0 saturated heterocycles. The summed E-state index contributed by atoms with van der Waals surface area (Å²) in [5, 5.41) is 0. The van der Waals surface area contributed by atoms with Gasteiger partial charge in [-0.1, -0.05) is 24.8 Å². The van der Waals surface area contributed by atoms with Crippen LogP contribution in [0.2, 0.25) is 0 Å². The maximum absolute atomic E-state index is 13.5. The third-order valence-corrected chi connectivity index (χ3v) is 5.73. The zero-order valence-electron chi connectivity index (χ0n) is 17.6. The van der Waals surface area contributed by atoms with Crippen molar-refractivity contribution >= 4 is 5.76 Å². The molecule has 0 saturated carbocycles. The molecule has 0 unspecified atom stereocenters. The summed E-state index contributed by atoms with van der Waals surface area (Å²) in [6, 6.07) is 10.4. The molecule has 1 heterocycles. The Balaban J connectivity index is 1.71. The molecule has 34 heavy (non-hydrogen) atoms. The standard InChI is InChI=1S/C25H18F7NO/c1-14(16-11-17(24(27,28)29)13-18(12-16)25(30,31)32)34-22-9-8-21-20(3-2-10-33-21)23(22)15-4-6-19(26)7-5-15/h2-7,10-13,22-23H,1,8-9H2/t22-,23-/m0/s1. The second kappa shape index (κ2) is 8.77. The van der Waals surface area contributed by atoms with Crippen molar-refractivity contribution < 1.29 is 35.5 Å². The van der Waals surface area contributed by atoms with Crippen molar-refractivity contribution in [2.24, 2.45) is 0 Å². The maximum Gasteiger partial charge on any atom is 0.416 e. The van der Waals surface area contributed by atoms with Gasteiger partial charge in [0.15, 0.2) is 0 Å². The van der Waals surface area contributed by atoms with Crippen molar-refractivity contribution in [2.75, 3.05) is 0 Å². The smallest absolute Gasteiger partial charge is 0.416 e. The normalized spacial score (nSPS) is 18.3.